The van der Waals surface area contributed by atoms with Gasteiger partial charge < -0.3 is 9.80 Å². The van der Waals surface area contributed by atoms with Crippen molar-refractivity contribution in [3.63, 3.8) is 0 Å². The van der Waals surface area contributed by atoms with Gasteiger partial charge in [-0.2, -0.15) is 0 Å². The van der Waals surface area contributed by atoms with Gasteiger partial charge in [0.2, 0.25) is 0 Å². The molecule has 0 amide bonds. The molecule has 0 aromatic heterocycles. The quantitative estimate of drug-likeness (QED) is 0.636. The van der Waals surface area contributed by atoms with E-state index in [0.29, 0.717) is 5.41 Å². The molecule has 14 heavy (non-hydrogen) atoms. The van der Waals surface area contributed by atoms with Crippen LogP contribution in [0.2, 0.25) is 0 Å². The summed E-state index contributed by atoms with van der Waals surface area (Å²) in [4.78, 5) is 5.05. The first-order valence-corrected chi connectivity index (χ1v) is 6.15. The summed E-state index contributed by atoms with van der Waals surface area (Å²) in [6.45, 7) is 12.9. The Balaban J connectivity index is 0.000000461. The SMILES string of the molecule is CC.CCN1CC2(CCCN(C)C2)C1. The second-order valence-electron chi connectivity index (χ2n) is 4.64. The molecule has 0 aromatic rings. The largest absolute Gasteiger partial charge is 0.306 e. The average Bonchev–Trinajstić information content (AvgIpc) is 2.17. The minimum absolute atomic E-state index is 0.697. The Morgan fingerprint density at radius 3 is 2.29 bits per heavy atom. The van der Waals surface area contributed by atoms with Gasteiger partial charge in [0.1, 0.15) is 0 Å². The van der Waals surface area contributed by atoms with Crippen molar-refractivity contribution in [1.82, 2.24) is 9.80 Å². The fourth-order valence-electron chi connectivity index (χ4n) is 2.84. The zero-order valence-electron chi connectivity index (χ0n) is 10.3. The molecule has 2 heterocycles. The van der Waals surface area contributed by atoms with Crippen LogP contribution in [0, 0.1) is 5.41 Å². The summed E-state index contributed by atoms with van der Waals surface area (Å²) in [6.07, 6.45) is 2.88. The van der Waals surface area contributed by atoms with E-state index >= 15 is 0 Å². The first-order valence-electron chi connectivity index (χ1n) is 6.15. The Labute approximate surface area is 89.3 Å². The Bertz CT molecular complexity index is 162. The van der Waals surface area contributed by atoms with Crippen LogP contribution in [0.1, 0.15) is 33.6 Å². The minimum Gasteiger partial charge on any atom is -0.306 e. The van der Waals surface area contributed by atoms with Crippen LogP contribution in [-0.4, -0.2) is 49.6 Å². The molecule has 0 N–H and O–H groups in total. The van der Waals surface area contributed by atoms with Gasteiger partial charge in [0.25, 0.3) is 0 Å². The zero-order valence-corrected chi connectivity index (χ0v) is 10.3. The number of hydrogen-bond donors (Lipinski definition) is 0. The fourth-order valence-corrected chi connectivity index (χ4v) is 2.84. The van der Waals surface area contributed by atoms with Gasteiger partial charge in [-0.15, -0.1) is 0 Å². The lowest BCUT2D eigenvalue weighted by Crippen LogP contribution is -2.62. The van der Waals surface area contributed by atoms with E-state index < -0.39 is 0 Å². The third-order valence-corrected chi connectivity index (χ3v) is 3.42. The van der Waals surface area contributed by atoms with Gasteiger partial charge in [-0.05, 0) is 33.0 Å². The van der Waals surface area contributed by atoms with Crippen molar-refractivity contribution in [1.29, 1.82) is 0 Å². The lowest BCUT2D eigenvalue weighted by atomic mass is 9.73. The predicted octanol–water partition coefficient (Wildman–Crippen LogP) is 2.06. The maximum absolute atomic E-state index is 2.55. The third-order valence-electron chi connectivity index (χ3n) is 3.42. The molecule has 2 aliphatic rings. The van der Waals surface area contributed by atoms with Gasteiger partial charge in [-0.1, -0.05) is 20.8 Å². The van der Waals surface area contributed by atoms with Crippen molar-refractivity contribution in [3.8, 4) is 0 Å². The highest BCUT2D eigenvalue weighted by Gasteiger charge is 2.43. The highest BCUT2D eigenvalue weighted by atomic mass is 15.2. The molecule has 0 radical (unpaired) electrons. The summed E-state index contributed by atoms with van der Waals surface area (Å²) in [5, 5.41) is 0. The summed E-state index contributed by atoms with van der Waals surface area (Å²) in [5.74, 6) is 0. The van der Waals surface area contributed by atoms with Gasteiger partial charge >= 0.3 is 0 Å². The van der Waals surface area contributed by atoms with Crippen molar-refractivity contribution in [3.05, 3.63) is 0 Å². The lowest BCUT2D eigenvalue weighted by Gasteiger charge is -2.54. The van der Waals surface area contributed by atoms with Crippen LogP contribution in [0.15, 0.2) is 0 Å². The van der Waals surface area contributed by atoms with Crippen LogP contribution in [0.5, 0.6) is 0 Å². The molecule has 2 aliphatic heterocycles. The summed E-state index contributed by atoms with van der Waals surface area (Å²) < 4.78 is 0. The maximum atomic E-state index is 2.55. The monoisotopic (exact) mass is 198 g/mol. The molecular weight excluding hydrogens is 172 g/mol. The highest BCUT2D eigenvalue weighted by molar-refractivity contribution is 4.98. The molecule has 0 saturated carbocycles. The van der Waals surface area contributed by atoms with Gasteiger partial charge in [0.15, 0.2) is 0 Å². The maximum Gasteiger partial charge on any atom is 0.00851 e. The Hall–Kier alpha value is -0.0800. The van der Waals surface area contributed by atoms with E-state index in [1.807, 2.05) is 13.8 Å². The fraction of sp³-hybridized carbons (Fsp3) is 1.00. The van der Waals surface area contributed by atoms with Crippen LogP contribution in [0.4, 0.5) is 0 Å². The van der Waals surface area contributed by atoms with Crippen molar-refractivity contribution in [2.24, 2.45) is 5.41 Å². The van der Waals surface area contributed by atoms with E-state index in [1.165, 1.54) is 45.6 Å². The molecule has 0 atom stereocenters. The molecule has 1 spiro atoms. The Morgan fingerprint density at radius 2 is 1.79 bits per heavy atom. The van der Waals surface area contributed by atoms with Crippen LogP contribution in [0.25, 0.3) is 0 Å². The first kappa shape index (κ1) is 12.0. The average molecular weight is 198 g/mol. The third kappa shape index (κ3) is 2.48. The van der Waals surface area contributed by atoms with E-state index in [2.05, 4.69) is 23.8 Å². The Morgan fingerprint density at radius 1 is 1.14 bits per heavy atom. The molecule has 84 valence electrons. The molecule has 2 fully saturated rings. The summed E-state index contributed by atoms with van der Waals surface area (Å²) in [5.41, 5.74) is 0.697. The topological polar surface area (TPSA) is 6.48 Å². The zero-order chi connectivity index (χ0) is 10.6. The lowest BCUT2D eigenvalue weighted by molar-refractivity contribution is -0.0450. The van der Waals surface area contributed by atoms with Crippen LogP contribution in [-0.2, 0) is 0 Å². The summed E-state index contributed by atoms with van der Waals surface area (Å²) in [6, 6.07) is 0. The standard InChI is InChI=1S/C10H20N2.C2H6/c1-3-12-8-10(9-12)5-4-6-11(2)7-10;1-2/h3-9H2,1-2H3;1-2H3. The van der Waals surface area contributed by atoms with Gasteiger partial charge in [0, 0.05) is 25.0 Å². The van der Waals surface area contributed by atoms with Gasteiger partial charge in [0.05, 0.1) is 0 Å². The van der Waals surface area contributed by atoms with Crippen LogP contribution >= 0.6 is 0 Å². The molecule has 2 nitrogen and oxygen atoms in total. The van der Waals surface area contributed by atoms with Crippen molar-refractivity contribution < 1.29 is 0 Å². The van der Waals surface area contributed by atoms with Gasteiger partial charge in [-0.3, -0.25) is 0 Å². The number of rotatable bonds is 1. The molecular formula is C12H26N2. The molecule has 0 aliphatic carbocycles. The summed E-state index contributed by atoms with van der Waals surface area (Å²) >= 11 is 0. The first-order chi connectivity index (χ1) is 6.74. The van der Waals surface area contributed by atoms with E-state index in [0.717, 1.165) is 0 Å². The van der Waals surface area contributed by atoms with Crippen molar-refractivity contribution in [2.45, 2.75) is 33.6 Å². The molecule has 0 aromatic carbocycles. The van der Waals surface area contributed by atoms with Crippen LogP contribution < -0.4 is 0 Å². The van der Waals surface area contributed by atoms with Crippen molar-refractivity contribution in [2.75, 3.05) is 39.8 Å². The van der Waals surface area contributed by atoms with Crippen LogP contribution in [0.3, 0.4) is 0 Å². The second kappa shape index (κ2) is 5.13. The smallest absolute Gasteiger partial charge is 0.00851 e. The van der Waals surface area contributed by atoms with Gasteiger partial charge in [-0.25, -0.2) is 0 Å². The minimum atomic E-state index is 0.697. The number of likely N-dealkylation sites (tertiary alicyclic amines) is 2. The predicted molar refractivity (Wildman–Crippen MR) is 62.6 cm³/mol. The number of hydrogen-bond acceptors (Lipinski definition) is 2. The molecule has 0 unspecified atom stereocenters. The van der Waals surface area contributed by atoms with E-state index in [9.17, 15) is 0 Å². The van der Waals surface area contributed by atoms with E-state index in [4.69, 9.17) is 0 Å². The molecule has 2 saturated heterocycles. The van der Waals surface area contributed by atoms with E-state index in [1.54, 1.807) is 0 Å². The number of piperidine rings is 1. The number of nitrogens with zero attached hydrogens (tertiary/aromatic N) is 2. The molecule has 0 bridgehead atoms. The highest BCUT2D eigenvalue weighted by Crippen LogP contribution is 2.38. The summed E-state index contributed by atoms with van der Waals surface area (Å²) in [7, 11) is 2.26. The molecule has 2 rings (SSSR count). The van der Waals surface area contributed by atoms with Crippen molar-refractivity contribution >= 4 is 0 Å². The Kier molecular flexibility index (Phi) is 4.39. The van der Waals surface area contributed by atoms with E-state index in [-0.39, 0.29) is 0 Å². The normalized spacial score (nSPS) is 26.6. The molecule has 2 heteroatoms. The second-order valence-corrected chi connectivity index (χ2v) is 4.64.